The molecule has 27 heavy (non-hydrogen) atoms. The van der Waals surface area contributed by atoms with Gasteiger partial charge in [-0.25, -0.2) is 4.98 Å². The lowest BCUT2D eigenvalue weighted by Crippen LogP contribution is -2.26. The van der Waals surface area contributed by atoms with Crippen LogP contribution in [-0.4, -0.2) is 27.4 Å². The number of rotatable bonds is 6. The van der Waals surface area contributed by atoms with Crippen molar-refractivity contribution in [3.63, 3.8) is 0 Å². The van der Waals surface area contributed by atoms with E-state index in [0.29, 0.717) is 15.8 Å². The summed E-state index contributed by atoms with van der Waals surface area (Å²) in [7, 11) is 0. The molecule has 0 radical (unpaired) electrons. The van der Waals surface area contributed by atoms with E-state index in [1.54, 1.807) is 30.5 Å². The molecule has 0 saturated heterocycles. The summed E-state index contributed by atoms with van der Waals surface area (Å²) in [5.74, 6) is -0.776. The molecule has 1 aromatic carbocycles. The molecule has 0 saturated carbocycles. The van der Waals surface area contributed by atoms with E-state index in [1.807, 2.05) is 19.9 Å². The Balaban J connectivity index is 1.61. The van der Waals surface area contributed by atoms with Crippen LogP contribution in [-0.2, 0) is 16.1 Å². The zero-order valence-corrected chi connectivity index (χ0v) is 16.2. The molecular weight excluding hydrogens is 364 g/mol. The number of fused-ring (bicyclic) bond motifs is 1. The number of aromatic nitrogens is 2. The van der Waals surface area contributed by atoms with E-state index in [-0.39, 0.29) is 24.3 Å². The van der Waals surface area contributed by atoms with Crippen LogP contribution < -0.4 is 5.56 Å². The van der Waals surface area contributed by atoms with Gasteiger partial charge in [-0.05, 0) is 49.4 Å². The normalized spacial score (nSPS) is 12.1. The van der Waals surface area contributed by atoms with Gasteiger partial charge in [0.1, 0.15) is 4.83 Å². The largest absolute Gasteiger partial charge is 0.454 e. The molecule has 140 valence electrons. The van der Waals surface area contributed by atoms with Gasteiger partial charge < -0.3 is 4.74 Å². The van der Waals surface area contributed by atoms with Gasteiger partial charge in [0.05, 0.1) is 18.1 Å². The monoisotopic (exact) mass is 384 g/mol. The molecular formula is C20H20N2O4S. The quantitative estimate of drug-likeness (QED) is 0.481. The Morgan fingerprint density at radius 2 is 2.00 bits per heavy atom. The Labute approximate surface area is 160 Å². The van der Waals surface area contributed by atoms with Crippen molar-refractivity contribution in [1.29, 1.82) is 0 Å². The molecule has 1 unspecified atom stereocenters. The zero-order chi connectivity index (χ0) is 19.6. The van der Waals surface area contributed by atoms with Gasteiger partial charge >= 0.3 is 5.97 Å². The number of esters is 1. The minimum absolute atomic E-state index is 0.0121. The van der Waals surface area contributed by atoms with E-state index in [4.69, 9.17) is 4.74 Å². The lowest BCUT2D eigenvalue weighted by Gasteiger charge is -2.13. The second-order valence-electron chi connectivity index (χ2n) is 6.43. The van der Waals surface area contributed by atoms with Crippen LogP contribution in [0.2, 0.25) is 0 Å². The molecule has 0 aliphatic heterocycles. The second kappa shape index (κ2) is 7.84. The van der Waals surface area contributed by atoms with Crippen molar-refractivity contribution in [1.82, 2.24) is 9.55 Å². The van der Waals surface area contributed by atoms with Crippen molar-refractivity contribution in [2.24, 2.45) is 0 Å². The van der Waals surface area contributed by atoms with Crippen LogP contribution in [0.15, 0.2) is 40.8 Å². The predicted molar refractivity (Wildman–Crippen MR) is 104 cm³/mol. The van der Waals surface area contributed by atoms with E-state index in [0.717, 1.165) is 11.1 Å². The lowest BCUT2D eigenvalue weighted by molar-refractivity contribution is -0.146. The van der Waals surface area contributed by atoms with E-state index < -0.39 is 12.1 Å². The number of benzene rings is 1. The molecule has 0 bridgehead atoms. The number of aryl methyl sites for hydroxylation is 3. The predicted octanol–water partition coefficient (Wildman–Crippen LogP) is 3.28. The van der Waals surface area contributed by atoms with Gasteiger partial charge in [-0.3, -0.25) is 19.0 Å². The highest BCUT2D eigenvalue weighted by molar-refractivity contribution is 7.16. The van der Waals surface area contributed by atoms with E-state index in [2.05, 4.69) is 4.98 Å². The maximum absolute atomic E-state index is 12.4. The summed E-state index contributed by atoms with van der Waals surface area (Å²) in [6, 6.07) is 7.12. The van der Waals surface area contributed by atoms with Gasteiger partial charge in [0.25, 0.3) is 5.56 Å². The Bertz CT molecular complexity index is 1070. The van der Waals surface area contributed by atoms with Crippen LogP contribution in [0, 0.1) is 13.8 Å². The standard InChI is InChI=1S/C20H20N2O4S/c1-12-4-5-15(10-13(12)2)18(24)14(3)26-17(23)6-8-22-11-21-19-16(20(22)25)7-9-27-19/h4-5,7,9-11,14H,6,8H2,1-3H3. The van der Waals surface area contributed by atoms with Crippen molar-refractivity contribution in [3.05, 3.63) is 63.0 Å². The molecule has 6 nitrogen and oxygen atoms in total. The third-order valence-electron chi connectivity index (χ3n) is 4.48. The third-order valence-corrected chi connectivity index (χ3v) is 5.30. The Hall–Kier alpha value is -2.80. The van der Waals surface area contributed by atoms with E-state index >= 15 is 0 Å². The average molecular weight is 384 g/mol. The summed E-state index contributed by atoms with van der Waals surface area (Å²) in [5.41, 5.74) is 2.43. The number of nitrogens with zero attached hydrogens (tertiary/aromatic N) is 2. The van der Waals surface area contributed by atoms with Gasteiger partial charge in [-0.2, -0.15) is 0 Å². The minimum atomic E-state index is -0.881. The summed E-state index contributed by atoms with van der Waals surface area (Å²) < 4.78 is 6.63. The SMILES string of the molecule is Cc1ccc(C(=O)C(C)OC(=O)CCn2cnc3sccc3c2=O)cc1C. The first-order chi connectivity index (χ1) is 12.9. The molecule has 3 aromatic rings. The molecule has 7 heteroatoms. The molecule has 0 amide bonds. The molecule has 0 aliphatic carbocycles. The first-order valence-electron chi connectivity index (χ1n) is 8.60. The average Bonchev–Trinajstić information content (AvgIpc) is 3.12. The summed E-state index contributed by atoms with van der Waals surface area (Å²) in [6.07, 6.45) is 0.536. The van der Waals surface area contributed by atoms with Crippen molar-refractivity contribution in [2.45, 2.75) is 39.8 Å². The van der Waals surface area contributed by atoms with Crippen LogP contribution in [0.5, 0.6) is 0 Å². The lowest BCUT2D eigenvalue weighted by atomic mass is 10.0. The van der Waals surface area contributed by atoms with Crippen molar-refractivity contribution in [2.75, 3.05) is 0 Å². The highest BCUT2D eigenvalue weighted by Crippen LogP contribution is 2.14. The maximum Gasteiger partial charge on any atom is 0.308 e. The van der Waals surface area contributed by atoms with E-state index in [9.17, 15) is 14.4 Å². The summed E-state index contributed by atoms with van der Waals surface area (Å²) in [5, 5.41) is 2.34. The fraction of sp³-hybridized carbons (Fsp3) is 0.300. The van der Waals surface area contributed by atoms with Crippen molar-refractivity contribution >= 4 is 33.3 Å². The number of carbonyl (C=O) groups excluding carboxylic acids is 2. The first kappa shape index (κ1) is 19.0. The first-order valence-corrected chi connectivity index (χ1v) is 9.48. The second-order valence-corrected chi connectivity index (χ2v) is 7.32. The van der Waals surface area contributed by atoms with Crippen molar-refractivity contribution in [3.8, 4) is 0 Å². The maximum atomic E-state index is 12.4. The number of Topliss-reactive ketones (excluding diaryl/α,β-unsaturated/α-hetero) is 1. The van der Waals surface area contributed by atoms with Crippen LogP contribution in [0.1, 0.15) is 34.8 Å². The van der Waals surface area contributed by atoms with Gasteiger partial charge in [0.15, 0.2) is 6.10 Å². The van der Waals surface area contributed by atoms with Gasteiger partial charge in [-0.1, -0.05) is 12.1 Å². The summed E-state index contributed by atoms with van der Waals surface area (Å²) in [4.78, 5) is 41.7. The fourth-order valence-corrected chi connectivity index (χ4v) is 3.43. The molecule has 0 spiro atoms. The Morgan fingerprint density at radius 1 is 1.22 bits per heavy atom. The zero-order valence-electron chi connectivity index (χ0n) is 15.4. The van der Waals surface area contributed by atoms with E-state index in [1.165, 1.54) is 22.2 Å². The Kier molecular flexibility index (Phi) is 5.51. The highest BCUT2D eigenvalue weighted by atomic mass is 32.1. The number of hydrogen-bond acceptors (Lipinski definition) is 6. The number of hydrogen-bond donors (Lipinski definition) is 0. The summed E-state index contributed by atoms with van der Waals surface area (Å²) >= 11 is 1.39. The van der Waals surface area contributed by atoms with Gasteiger partial charge in [-0.15, -0.1) is 11.3 Å². The summed E-state index contributed by atoms with van der Waals surface area (Å²) in [6.45, 7) is 5.61. The smallest absolute Gasteiger partial charge is 0.308 e. The number of ketones is 1. The van der Waals surface area contributed by atoms with Crippen LogP contribution in [0.3, 0.4) is 0 Å². The van der Waals surface area contributed by atoms with Crippen LogP contribution >= 0.6 is 11.3 Å². The molecule has 2 heterocycles. The van der Waals surface area contributed by atoms with Crippen LogP contribution in [0.25, 0.3) is 10.2 Å². The van der Waals surface area contributed by atoms with Gasteiger partial charge in [0.2, 0.25) is 5.78 Å². The Morgan fingerprint density at radius 3 is 2.74 bits per heavy atom. The topological polar surface area (TPSA) is 78.3 Å². The van der Waals surface area contributed by atoms with Crippen LogP contribution in [0.4, 0.5) is 0 Å². The number of carbonyl (C=O) groups is 2. The van der Waals surface area contributed by atoms with Gasteiger partial charge in [0, 0.05) is 12.1 Å². The number of thiophene rings is 1. The van der Waals surface area contributed by atoms with Crippen molar-refractivity contribution < 1.29 is 14.3 Å². The molecule has 1 atom stereocenters. The molecule has 2 aromatic heterocycles. The fourth-order valence-electron chi connectivity index (χ4n) is 2.70. The molecule has 0 aliphatic rings. The third kappa shape index (κ3) is 4.14. The highest BCUT2D eigenvalue weighted by Gasteiger charge is 2.20. The molecule has 0 N–H and O–H groups in total. The molecule has 3 rings (SSSR count). The number of ether oxygens (including phenoxy) is 1. The minimum Gasteiger partial charge on any atom is -0.454 e. The molecule has 0 fully saturated rings.